The molecule has 1 atom stereocenters. The number of sulfonamides is 1. The summed E-state index contributed by atoms with van der Waals surface area (Å²) < 4.78 is 38.2. The zero-order valence-electron chi connectivity index (χ0n) is 19.0. The highest BCUT2D eigenvalue weighted by atomic mass is 32.2. The number of ether oxygens (including phenoxy) is 2. The molecule has 4 rings (SSSR count). The van der Waals surface area contributed by atoms with Gasteiger partial charge in [0.05, 0.1) is 31.1 Å². The quantitative estimate of drug-likeness (QED) is 0.593. The number of hydrogen-bond donors (Lipinski definition) is 1. The van der Waals surface area contributed by atoms with Gasteiger partial charge in [-0.2, -0.15) is 4.31 Å². The molecule has 1 aliphatic heterocycles. The minimum absolute atomic E-state index is 0.203. The number of rotatable bonds is 6. The minimum Gasteiger partial charge on any atom is -0.497 e. The Morgan fingerprint density at radius 3 is 2.45 bits per heavy atom. The van der Waals surface area contributed by atoms with Gasteiger partial charge in [-0.25, -0.2) is 8.42 Å². The first kappa shape index (κ1) is 23.2. The molecule has 0 saturated carbocycles. The predicted molar refractivity (Wildman–Crippen MR) is 128 cm³/mol. The lowest BCUT2D eigenvalue weighted by molar-refractivity contribution is -0.117. The van der Waals surface area contributed by atoms with E-state index in [4.69, 9.17) is 9.47 Å². The van der Waals surface area contributed by atoms with Crippen molar-refractivity contribution in [1.82, 2.24) is 4.31 Å². The molecule has 0 spiro atoms. The van der Waals surface area contributed by atoms with E-state index in [1.54, 1.807) is 26.2 Å². The van der Waals surface area contributed by atoms with Gasteiger partial charge in [-0.3, -0.25) is 4.79 Å². The summed E-state index contributed by atoms with van der Waals surface area (Å²) >= 11 is 0. The van der Waals surface area contributed by atoms with Crippen LogP contribution in [0.3, 0.4) is 0 Å². The molecule has 0 radical (unpaired) electrons. The molecular formula is C25H28N2O5S. The van der Waals surface area contributed by atoms with Gasteiger partial charge in [0.1, 0.15) is 5.75 Å². The zero-order valence-corrected chi connectivity index (χ0v) is 19.8. The smallest absolute Gasteiger partial charge is 0.243 e. The number of hydrogen-bond acceptors (Lipinski definition) is 5. The summed E-state index contributed by atoms with van der Waals surface area (Å²) in [5.74, 6) is 0.154. The highest BCUT2D eigenvalue weighted by molar-refractivity contribution is 7.89. The van der Waals surface area contributed by atoms with Crippen LogP contribution in [0.2, 0.25) is 0 Å². The van der Waals surface area contributed by atoms with Crippen molar-refractivity contribution < 1.29 is 22.7 Å². The average Bonchev–Trinajstić information content (AvgIpc) is 2.84. The molecule has 3 aromatic carbocycles. The molecule has 1 fully saturated rings. The Hall–Kier alpha value is -2.94. The molecule has 8 heteroatoms. The van der Waals surface area contributed by atoms with Crippen molar-refractivity contribution >= 4 is 32.4 Å². The number of morpholine rings is 1. The van der Waals surface area contributed by atoms with E-state index in [-0.39, 0.29) is 10.8 Å². The summed E-state index contributed by atoms with van der Waals surface area (Å²) in [4.78, 5) is 13.2. The van der Waals surface area contributed by atoms with E-state index in [0.717, 1.165) is 22.1 Å². The molecule has 0 bridgehead atoms. The lowest BCUT2D eigenvalue weighted by Gasteiger charge is -2.27. The van der Waals surface area contributed by atoms with E-state index < -0.39 is 15.9 Å². The molecule has 3 aromatic rings. The standard InChI is InChI=1S/C25H28N2O5S/c1-17-4-8-22(16-24(17)33(29,30)27-10-12-32-13-11-27)26-25(28)18(2)19-5-6-21-15-23(31-3)9-7-20(21)14-19/h4-9,14-16,18H,10-13H2,1-3H3,(H,26,28). The van der Waals surface area contributed by atoms with Crippen molar-refractivity contribution in [2.75, 3.05) is 38.7 Å². The fourth-order valence-electron chi connectivity index (χ4n) is 3.92. The Bertz CT molecular complexity index is 1280. The topological polar surface area (TPSA) is 84.9 Å². The van der Waals surface area contributed by atoms with Gasteiger partial charge in [-0.05, 0) is 60.0 Å². The van der Waals surface area contributed by atoms with E-state index in [0.29, 0.717) is 37.6 Å². The molecule has 0 aromatic heterocycles. The molecule has 1 N–H and O–H groups in total. The fourth-order valence-corrected chi connectivity index (χ4v) is 5.58. The number of benzene rings is 3. The summed E-state index contributed by atoms with van der Waals surface area (Å²) in [5.41, 5.74) is 1.96. The zero-order chi connectivity index (χ0) is 23.6. The molecule has 1 aliphatic rings. The van der Waals surface area contributed by atoms with E-state index in [1.807, 2.05) is 43.3 Å². The van der Waals surface area contributed by atoms with Crippen LogP contribution in [0.15, 0.2) is 59.5 Å². The van der Waals surface area contributed by atoms with Gasteiger partial charge in [0, 0.05) is 18.8 Å². The normalized spacial score (nSPS) is 15.8. The van der Waals surface area contributed by atoms with Crippen LogP contribution in [0.1, 0.15) is 24.0 Å². The highest BCUT2D eigenvalue weighted by Crippen LogP contribution is 2.28. The summed E-state index contributed by atoms with van der Waals surface area (Å²) in [6, 6.07) is 16.7. The van der Waals surface area contributed by atoms with Gasteiger partial charge in [0.15, 0.2) is 0 Å². The van der Waals surface area contributed by atoms with Crippen LogP contribution >= 0.6 is 0 Å². The van der Waals surface area contributed by atoms with Crippen LogP contribution in [0.4, 0.5) is 5.69 Å². The molecule has 1 amide bonds. The average molecular weight is 469 g/mol. The largest absolute Gasteiger partial charge is 0.497 e. The maximum Gasteiger partial charge on any atom is 0.243 e. The molecule has 1 heterocycles. The SMILES string of the molecule is COc1ccc2cc(C(C)C(=O)Nc3ccc(C)c(S(=O)(=O)N4CCOCC4)c3)ccc2c1. The second kappa shape index (κ2) is 9.51. The molecule has 1 saturated heterocycles. The summed E-state index contributed by atoms with van der Waals surface area (Å²) in [5, 5.41) is 4.93. The lowest BCUT2D eigenvalue weighted by Crippen LogP contribution is -2.40. The number of anilines is 1. The molecule has 0 aliphatic carbocycles. The Labute approximate surface area is 194 Å². The number of carbonyl (C=O) groups excluding carboxylic acids is 1. The number of nitrogens with zero attached hydrogens (tertiary/aromatic N) is 1. The number of nitrogens with one attached hydrogen (secondary N) is 1. The first-order chi connectivity index (χ1) is 15.8. The molecule has 1 unspecified atom stereocenters. The van der Waals surface area contributed by atoms with Gasteiger partial charge in [0.25, 0.3) is 0 Å². The van der Waals surface area contributed by atoms with Crippen molar-refractivity contribution in [2.45, 2.75) is 24.7 Å². The van der Waals surface area contributed by atoms with E-state index in [2.05, 4.69) is 5.32 Å². The maximum atomic E-state index is 13.1. The molecule has 7 nitrogen and oxygen atoms in total. The summed E-state index contributed by atoms with van der Waals surface area (Å²) in [6.07, 6.45) is 0. The van der Waals surface area contributed by atoms with Gasteiger partial charge in [-0.1, -0.05) is 30.3 Å². The summed E-state index contributed by atoms with van der Waals surface area (Å²) in [6.45, 7) is 4.99. The third kappa shape index (κ3) is 4.88. The van der Waals surface area contributed by atoms with Crippen molar-refractivity contribution in [1.29, 1.82) is 0 Å². The highest BCUT2D eigenvalue weighted by Gasteiger charge is 2.28. The predicted octanol–water partition coefficient (Wildman–Crippen LogP) is 3.92. The molecule has 33 heavy (non-hydrogen) atoms. The Kier molecular flexibility index (Phi) is 6.69. The van der Waals surface area contributed by atoms with E-state index >= 15 is 0 Å². The van der Waals surface area contributed by atoms with Crippen LogP contribution in [0, 0.1) is 6.92 Å². The number of amides is 1. The first-order valence-corrected chi connectivity index (χ1v) is 12.3. The van der Waals surface area contributed by atoms with Gasteiger partial charge in [-0.15, -0.1) is 0 Å². The van der Waals surface area contributed by atoms with Crippen molar-refractivity contribution in [3.8, 4) is 5.75 Å². The van der Waals surface area contributed by atoms with Crippen molar-refractivity contribution in [3.63, 3.8) is 0 Å². The Balaban J connectivity index is 1.54. The number of carbonyl (C=O) groups is 1. The lowest BCUT2D eigenvalue weighted by atomic mass is 9.97. The maximum absolute atomic E-state index is 13.1. The van der Waals surface area contributed by atoms with Gasteiger partial charge in [0.2, 0.25) is 15.9 Å². The van der Waals surface area contributed by atoms with E-state index in [9.17, 15) is 13.2 Å². The minimum atomic E-state index is -3.66. The number of aryl methyl sites for hydroxylation is 1. The van der Waals surface area contributed by atoms with Gasteiger partial charge >= 0.3 is 0 Å². The molecular weight excluding hydrogens is 440 g/mol. The Morgan fingerprint density at radius 1 is 1.03 bits per heavy atom. The van der Waals surface area contributed by atoms with E-state index in [1.165, 1.54) is 10.4 Å². The monoisotopic (exact) mass is 468 g/mol. The third-order valence-corrected chi connectivity index (χ3v) is 8.05. The second-order valence-electron chi connectivity index (χ2n) is 8.18. The van der Waals surface area contributed by atoms with Crippen LogP contribution < -0.4 is 10.1 Å². The number of methoxy groups -OCH3 is 1. The Morgan fingerprint density at radius 2 is 1.73 bits per heavy atom. The third-order valence-electron chi connectivity index (χ3n) is 6.01. The second-order valence-corrected chi connectivity index (χ2v) is 10.1. The van der Waals surface area contributed by atoms with Crippen molar-refractivity contribution in [3.05, 3.63) is 65.7 Å². The van der Waals surface area contributed by atoms with Crippen LogP contribution in [-0.4, -0.2) is 52.0 Å². The number of fused-ring (bicyclic) bond motifs is 1. The van der Waals surface area contributed by atoms with Crippen LogP contribution in [-0.2, 0) is 19.6 Å². The molecule has 174 valence electrons. The van der Waals surface area contributed by atoms with Crippen molar-refractivity contribution in [2.24, 2.45) is 0 Å². The summed E-state index contributed by atoms with van der Waals surface area (Å²) in [7, 11) is -2.03. The van der Waals surface area contributed by atoms with Gasteiger partial charge < -0.3 is 14.8 Å². The first-order valence-electron chi connectivity index (χ1n) is 10.9. The van der Waals surface area contributed by atoms with Crippen LogP contribution in [0.5, 0.6) is 5.75 Å². The fraction of sp³-hybridized carbons (Fsp3) is 0.320. The van der Waals surface area contributed by atoms with Crippen LogP contribution in [0.25, 0.3) is 10.8 Å².